The highest BCUT2D eigenvalue weighted by molar-refractivity contribution is 5.93. The maximum Gasteiger partial charge on any atom is 0.240 e. The molecule has 6 aromatic rings. The van der Waals surface area contributed by atoms with Crippen molar-refractivity contribution in [3.63, 3.8) is 0 Å². The Hall–Kier alpha value is -6.62. The van der Waals surface area contributed by atoms with Gasteiger partial charge in [-0.15, -0.1) is 0 Å². The zero-order valence-corrected chi connectivity index (χ0v) is 43.5. The van der Waals surface area contributed by atoms with Gasteiger partial charge in [0.25, 0.3) is 0 Å². The number of ether oxygens (including phenoxy) is 4. The molecule has 10 nitrogen and oxygen atoms in total. The van der Waals surface area contributed by atoms with Crippen LogP contribution in [0.25, 0.3) is 0 Å². The third-order valence-corrected chi connectivity index (χ3v) is 15.9. The molecule has 3 aliphatic rings. The third-order valence-electron chi connectivity index (χ3n) is 15.9. The summed E-state index contributed by atoms with van der Waals surface area (Å²) in [5, 5.41) is 7.05. The highest BCUT2D eigenvalue weighted by atomic mass is 16.5. The number of fused-ring (bicyclic) bond motifs is 3. The molecule has 4 unspecified atom stereocenters. The van der Waals surface area contributed by atoms with Gasteiger partial charge < -0.3 is 29.6 Å². The van der Waals surface area contributed by atoms with E-state index in [1.54, 1.807) is 28.4 Å². The van der Waals surface area contributed by atoms with E-state index in [9.17, 15) is 0 Å². The maximum absolute atomic E-state index is 16.3. The fourth-order valence-electron chi connectivity index (χ4n) is 11.9. The van der Waals surface area contributed by atoms with Crippen LogP contribution >= 0.6 is 0 Å². The normalized spacial score (nSPS) is 18.2. The zero-order chi connectivity index (χ0) is 50.5. The van der Waals surface area contributed by atoms with E-state index in [4.69, 9.17) is 18.9 Å². The predicted molar refractivity (Wildman–Crippen MR) is 285 cm³/mol. The molecule has 0 fully saturated rings. The van der Waals surface area contributed by atoms with Crippen LogP contribution in [-0.4, -0.2) is 75.2 Å². The Balaban J connectivity index is 1.25. The van der Waals surface area contributed by atoms with Gasteiger partial charge in [0, 0.05) is 31.7 Å². The van der Waals surface area contributed by atoms with Crippen molar-refractivity contribution in [3.8, 4) is 23.0 Å². The van der Waals surface area contributed by atoms with Gasteiger partial charge in [0.2, 0.25) is 11.8 Å². The Morgan fingerprint density at radius 2 is 1.08 bits per heavy atom. The van der Waals surface area contributed by atoms with Crippen molar-refractivity contribution in [1.29, 1.82) is 0 Å². The molecule has 6 aromatic carbocycles. The van der Waals surface area contributed by atoms with Crippen molar-refractivity contribution in [2.75, 3.05) is 41.5 Å². The van der Waals surface area contributed by atoms with E-state index < -0.39 is 12.1 Å². The van der Waals surface area contributed by atoms with Crippen LogP contribution in [0.2, 0.25) is 0 Å². The number of amides is 2. The minimum atomic E-state index is -0.943. The monoisotopic (exact) mass is 969 g/mol. The van der Waals surface area contributed by atoms with Crippen LogP contribution in [0.4, 0.5) is 0 Å². The maximum atomic E-state index is 16.3. The van der Waals surface area contributed by atoms with Crippen LogP contribution in [0.5, 0.6) is 23.0 Å². The summed E-state index contributed by atoms with van der Waals surface area (Å²) in [6, 6.07) is 37.7. The quantitative estimate of drug-likeness (QED) is 0.0879. The molecule has 2 heterocycles. The molecule has 0 saturated carbocycles. The highest BCUT2D eigenvalue weighted by Gasteiger charge is 2.49. The molecule has 2 amide bonds. The van der Waals surface area contributed by atoms with E-state index in [2.05, 4.69) is 133 Å². The van der Waals surface area contributed by atoms with Crippen LogP contribution in [0.3, 0.4) is 0 Å². The Kier molecular flexibility index (Phi) is 15.7. The lowest BCUT2D eigenvalue weighted by atomic mass is 9.82. The Labute approximate surface area is 427 Å². The number of carbonyl (C=O) groups excluding carboxylic acids is 2. The summed E-state index contributed by atoms with van der Waals surface area (Å²) in [7, 11) is 6.69. The number of benzene rings is 6. The smallest absolute Gasteiger partial charge is 0.240 e. The topological polar surface area (TPSA) is 102 Å². The Morgan fingerprint density at radius 1 is 0.542 bits per heavy atom. The summed E-state index contributed by atoms with van der Waals surface area (Å²) in [4.78, 5) is 37.1. The number of methoxy groups -OCH3 is 4. The summed E-state index contributed by atoms with van der Waals surface area (Å²) in [6.45, 7) is 10.1. The molecule has 0 bridgehead atoms. The molecule has 1 aliphatic carbocycles. The molecule has 10 heteroatoms. The predicted octanol–water partition coefficient (Wildman–Crippen LogP) is 10.3. The minimum Gasteiger partial charge on any atom is -0.493 e. The van der Waals surface area contributed by atoms with Gasteiger partial charge in [0.1, 0.15) is 12.1 Å². The van der Waals surface area contributed by atoms with Crippen LogP contribution in [0.15, 0.2) is 115 Å². The van der Waals surface area contributed by atoms with Crippen molar-refractivity contribution in [1.82, 2.24) is 20.4 Å². The van der Waals surface area contributed by atoms with Crippen LogP contribution in [0, 0.1) is 13.8 Å². The van der Waals surface area contributed by atoms with E-state index >= 15 is 9.59 Å². The van der Waals surface area contributed by atoms with Gasteiger partial charge in [-0.25, -0.2) is 0 Å². The second-order valence-corrected chi connectivity index (χ2v) is 19.8. The van der Waals surface area contributed by atoms with Gasteiger partial charge in [0.05, 0.1) is 34.5 Å². The molecule has 0 spiro atoms. The lowest BCUT2D eigenvalue weighted by Crippen LogP contribution is -2.66. The highest BCUT2D eigenvalue weighted by Crippen LogP contribution is 2.45. The number of hydrogen-bond acceptors (Lipinski definition) is 8. The first-order valence-electron chi connectivity index (χ1n) is 25.9. The molecule has 376 valence electrons. The number of nitrogens with one attached hydrogen (secondary N) is 2. The Bertz CT molecular complexity index is 2900. The van der Waals surface area contributed by atoms with Gasteiger partial charge in [-0.2, -0.15) is 0 Å². The zero-order valence-electron chi connectivity index (χ0n) is 43.5. The number of hydrogen-bond donors (Lipinski definition) is 2. The van der Waals surface area contributed by atoms with Crippen LogP contribution in [0.1, 0.15) is 111 Å². The molecular weight excluding hydrogens is 897 g/mol. The first-order chi connectivity index (χ1) is 35.0. The SMILES string of the molecule is CCc1ccc(CC2c3cc(OC)c(OC)cc3CCN2C(C(=O)NCc2ccccc2)C(C(=O)N[C@H]2CCc3ccccc32)N2CCc3cc(OC)c(OC)cc3C2Cc2ccc(C)c(C)c2)cc1CC. The van der Waals surface area contributed by atoms with Gasteiger partial charge in [-0.1, -0.05) is 105 Å². The summed E-state index contributed by atoms with van der Waals surface area (Å²) in [5.74, 6) is 2.23. The van der Waals surface area contributed by atoms with Crippen molar-refractivity contribution in [3.05, 3.63) is 188 Å². The van der Waals surface area contributed by atoms with Gasteiger partial charge in [-0.05, 0) is 162 Å². The summed E-state index contributed by atoms with van der Waals surface area (Å²) >= 11 is 0. The number of carbonyl (C=O) groups is 2. The van der Waals surface area contributed by atoms with Gasteiger partial charge in [0.15, 0.2) is 23.0 Å². The van der Waals surface area contributed by atoms with Crippen LogP contribution in [-0.2, 0) is 61.1 Å². The summed E-state index contributed by atoms with van der Waals surface area (Å²) < 4.78 is 23.8. The molecule has 5 atom stereocenters. The first-order valence-corrected chi connectivity index (χ1v) is 25.9. The first kappa shape index (κ1) is 50.3. The van der Waals surface area contributed by atoms with Gasteiger partial charge in [-0.3, -0.25) is 19.4 Å². The minimum absolute atomic E-state index is 0.164. The molecule has 0 radical (unpaired) electrons. The average molecular weight is 969 g/mol. The molecule has 72 heavy (non-hydrogen) atoms. The van der Waals surface area contributed by atoms with Crippen molar-refractivity contribution in [2.24, 2.45) is 0 Å². The summed E-state index contributed by atoms with van der Waals surface area (Å²) in [6.07, 6.45) is 6.01. The second-order valence-electron chi connectivity index (χ2n) is 19.8. The largest absolute Gasteiger partial charge is 0.493 e. The van der Waals surface area contributed by atoms with E-state index in [0.29, 0.717) is 68.3 Å². The standard InChI is InChI=1S/C62H72N4O6/c1-9-44-23-22-43(31-45(44)10-2)33-54-51-37-58(72-8)55(69-5)34-47(51)26-28-65(54)59(61(67)63-38-41-16-12-11-13-17-41)60(62(68)64-52-25-24-46-18-14-15-19-49(46)52)66-29-27-48-35-56(70-6)57(71-7)36-50(48)53(66)32-42-21-20-39(3)40(4)30-42/h11-23,30-31,34-37,52-54,59-60H,9-10,24-29,32-33,38H2,1-8H3,(H,63,67)(H,64,68)/t52-,53?,54?,59?,60?/m0/s1. The lowest BCUT2D eigenvalue weighted by Gasteiger charge is -2.49. The lowest BCUT2D eigenvalue weighted by molar-refractivity contribution is -0.142. The number of rotatable bonds is 18. The fraction of sp³-hybridized carbons (Fsp3) is 0.387. The molecule has 0 saturated heterocycles. The van der Waals surface area contributed by atoms with E-state index in [1.165, 1.54) is 33.4 Å². The number of aryl methyl sites for hydroxylation is 5. The van der Waals surface area contributed by atoms with Crippen molar-refractivity contribution in [2.45, 2.75) is 116 Å². The fourth-order valence-corrected chi connectivity index (χ4v) is 11.9. The van der Waals surface area contributed by atoms with Crippen molar-refractivity contribution >= 4 is 11.8 Å². The Morgan fingerprint density at radius 3 is 1.67 bits per heavy atom. The second kappa shape index (κ2) is 22.4. The number of nitrogens with zero attached hydrogens (tertiary/aromatic N) is 2. The van der Waals surface area contributed by atoms with Crippen molar-refractivity contribution < 1.29 is 28.5 Å². The molecule has 2 aliphatic heterocycles. The van der Waals surface area contributed by atoms with Crippen LogP contribution < -0.4 is 29.6 Å². The van der Waals surface area contributed by atoms with Gasteiger partial charge >= 0.3 is 0 Å². The average Bonchev–Trinajstić information content (AvgIpc) is 3.82. The molecule has 0 aromatic heterocycles. The van der Waals surface area contributed by atoms with E-state index in [-0.39, 0.29) is 29.9 Å². The molecule has 2 N–H and O–H groups in total. The molecular formula is C62H72N4O6. The van der Waals surface area contributed by atoms with E-state index in [1.807, 2.05) is 30.3 Å². The molecule has 9 rings (SSSR count). The summed E-state index contributed by atoms with van der Waals surface area (Å²) in [5.41, 5.74) is 15.2. The van der Waals surface area contributed by atoms with E-state index in [0.717, 1.165) is 64.6 Å². The third kappa shape index (κ3) is 10.3.